The monoisotopic (exact) mass is 527 g/mol. The summed E-state index contributed by atoms with van der Waals surface area (Å²) in [6.07, 6.45) is -2.62. The van der Waals surface area contributed by atoms with Crippen molar-refractivity contribution in [3.8, 4) is 5.75 Å². The maximum atomic E-state index is 13.2. The van der Waals surface area contributed by atoms with Crippen LogP contribution in [-0.4, -0.2) is 25.3 Å². The van der Waals surface area contributed by atoms with Crippen molar-refractivity contribution in [2.45, 2.75) is 84.5 Å². The van der Waals surface area contributed by atoms with Crippen LogP contribution in [0.2, 0.25) is 0 Å². The molecule has 0 aliphatic heterocycles. The Labute approximate surface area is 212 Å². The van der Waals surface area contributed by atoms with E-state index in [1.165, 1.54) is 12.1 Å². The molecule has 2 rings (SSSR count). The van der Waals surface area contributed by atoms with Gasteiger partial charge < -0.3 is 9.08 Å². The zero-order valence-electron chi connectivity index (χ0n) is 21.7. The lowest BCUT2D eigenvalue weighted by molar-refractivity contribution is -0.138. The Morgan fingerprint density at radius 3 is 2.25 bits per heavy atom. The van der Waals surface area contributed by atoms with E-state index < -0.39 is 26.8 Å². The molecule has 0 bridgehead atoms. The second-order valence-corrected chi connectivity index (χ2v) is 12.1. The van der Waals surface area contributed by atoms with Crippen LogP contribution in [-0.2, 0) is 27.6 Å². The Bertz CT molecular complexity index is 1140. The fourth-order valence-electron chi connectivity index (χ4n) is 4.14. The van der Waals surface area contributed by atoms with E-state index in [1.807, 2.05) is 13.8 Å². The highest BCUT2D eigenvalue weighted by molar-refractivity contribution is 7.87. The van der Waals surface area contributed by atoms with Crippen molar-refractivity contribution in [3.63, 3.8) is 0 Å². The van der Waals surface area contributed by atoms with Crippen LogP contribution in [0.5, 0.6) is 5.75 Å². The van der Waals surface area contributed by atoms with Crippen LogP contribution < -0.4 is 4.18 Å². The summed E-state index contributed by atoms with van der Waals surface area (Å²) < 4.78 is 69.5. The van der Waals surface area contributed by atoms with E-state index in [0.717, 1.165) is 31.0 Å². The third-order valence-electron chi connectivity index (χ3n) is 5.83. The number of rotatable bonds is 10. The van der Waals surface area contributed by atoms with Crippen LogP contribution in [0, 0.1) is 11.3 Å². The summed E-state index contributed by atoms with van der Waals surface area (Å²) >= 11 is 0. The van der Waals surface area contributed by atoms with E-state index in [2.05, 4.69) is 27.7 Å². The predicted octanol–water partition coefficient (Wildman–Crippen LogP) is 7.06. The van der Waals surface area contributed by atoms with Gasteiger partial charge in [-0.2, -0.15) is 21.6 Å². The second-order valence-electron chi connectivity index (χ2n) is 10.6. The van der Waals surface area contributed by atoms with E-state index in [-0.39, 0.29) is 35.6 Å². The molecule has 5 nitrogen and oxygen atoms in total. The van der Waals surface area contributed by atoms with E-state index in [0.29, 0.717) is 18.1 Å². The molecule has 2 aromatic carbocycles. The molecule has 0 aliphatic rings. The van der Waals surface area contributed by atoms with Gasteiger partial charge in [-0.15, -0.1) is 0 Å². The minimum atomic E-state index is -4.68. The molecule has 2 unspecified atom stereocenters. The largest absolute Gasteiger partial charge is 0.416 e. The Balaban J connectivity index is 2.22. The number of benzene rings is 2. The third-order valence-corrected chi connectivity index (χ3v) is 7.08. The van der Waals surface area contributed by atoms with Crippen LogP contribution in [0.25, 0.3) is 0 Å². The van der Waals surface area contributed by atoms with Crippen molar-refractivity contribution in [2.75, 3.05) is 0 Å². The zero-order chi connectivity index (χ0) is 27.3. The molecule has 0 fully saturated rings. The van der Waals surface area contributed by atoms with Gasteiger partial charge in [0.1, 0.15) is 10.6 Å². The van der Waals surface area contributed by atoms with Crippen LogP contribution in [0.15, 0.2) is 53.4 Å². The van der Waals surface area contributed by atoms with Gasteiger partial charge in [0, 0.05) is 19.0 Å². The normalized spacial score (nSPS) is 14.2. The lowest BCUT2D eigenvalue weighted by Crippen LogP contribution is -2.38. The van der Waals surface area contributed by atoms with Gasteiger partial charge in [0.2, 0.25) is 5.91 Å². The fourth-order valence-corrected chi connectivity index (χ4v) is 5.11. The molecule has 0 aromatic heterocycles. The number of carbonyl (C=O) groups excluding carboxylic acids is 1. The summed E-state index contributed by atoms with van der Waals surface area (Å²) in [6.45, 7) is 12.7. The lowest BCUT2D eigenvalue weighted by Gasteiger charge is -2.31. The molecule has 2 atom stereocenters. The molecule has 0 heterocycles. The molecule has 200 valence electrons. The summed E-state index contributed by atoms with van der Waals surface area (Å²) in [4.78, 5) is 14.3. The van der Waals surface area contributed by atoms with Crippen LogP contribution in [0.3, 0.4) is 0 Å². The number of hydrogen-bond acceptors (Lipinski definition) is 4. The zero-order valence-corrected chi connectivity index (χ0v) is 22.5. The Hall–Kier alpha value is -2.55. The quantitative estimate of drug-likeness (QED) is 0.310. The Morgan fingerprint density at radius 2 is 1.67 bits per heavy atom. The van der Waals surface area contributed by atoms with Gasteiger partial charge in [0.25, 0.3) is 0 Å². The topological polar surface area (TPSA) is 63.7 Å². The SMILES string of the molecule is CCC(C)N(Cc1cccc(OS(=O)(=O)c2cccc(C(F)(F)F)c2)c1)C(=O)CC(C)CC(C)(C)C. The molecule has 2 aromatic rings. The molecular weight excluding hydrogens is 491 g/mol. The first-order chi connectivity index (χ1) is 16.5. The molecule has 36 heavy (non-hydrogen) atoms. The number of nitrogens with zero attached hydrogens (tertiary/aromatic N) is 1. The number of halogens is 3. The smallest absolute Gasteiger partial charge is 0.379 e. The van der Waals surface area contributed by atoms with Crippen molar-refractivity contribution in [3.05, 3.63) is 59.7 Å². The van der Waals surface area contributed by atoms with Crippen LogP contribution in [0.4, 0.5) is 13.2 Å². The van der Waals surface area contributed by atoms with E-state index in [9.17, 15) is 26.4 Å². The van der Waals surface area contributed by atoms with E-state index >= 15 is 0 Å². The molecule has 0 saturated carbocycles. The minimum Gasteiger partial charge on any atom is -0.379 e. The summed E-state index contributed by atoms with van der Waals surface area (Å²) in [6, 6.07) is 9.63. The molecule has 9 heteroatoms. The highest BCUT2D eigenvalue weighted by Crippen LogP contribution is 2.31. The van der Waals surface area contributed by atoms with Crippen molar-refractivity contribution in [1.82, 2.24) is 4.90 Å². The third kappa shape index (κ3) is 8.84. The summed E-state index contributed by atoms with van der Waals surface area (Å²) in [5, 5.41) is 0. The van der Waals surface area contributed by atoms with Gasteiger partial charge >= 0.3 is 16.3 Å². The molecule has 0 saturated heterocycles. The fraction of sp³-hybridized carbons (Fsp3) is 0.519. The Morgan fingerprint density at radius 1 is 1.03 bits per heavy atom. The van der Waals surface area contributed by atoms with Crippen molar-refractivity contribution < 1.29 is 30.6 Å². The van der Waals surface area contributed by atoms with Gasteiger partial charge in [0.15, 0.2) is 0 Å². The second kappa shape index (κ2) is 11.7. The highest BCUT2D eigenvalue weighted by Gasteiger charge is 2.32. The molecule has 0 spiro atoms. The average molecular weight is 528 g/mol. The predicted molar refractivity (Wildman–Crippen MR) is 134 cm³/mol. The van der Waals surface area contributed by atoms with E-state index in [1.54, 1.807) is 17.0 Å². The van der Waals surface area contributed by atoms with Gasteiger partial charge in [-0.3, -0.25) is 4.79 Å². The maximum Gasteiger partial charge on any atom is 0.416 e. The van der Waals surface area contributed by atoms with Crippen LogP contribution in [0.1, 0.15) is 71.9 Å². The number of carbonyl (C=O) groups is 1. The maximum absolute atomic E-state index is 13.2. The summed E-state index contributed by atoms with van der Waals surface area (Å²) in [7, 11) is -4.49. The first-order valence-electron chi connectivity index (χ1n) is 12.0. The molecule has 1 amide bonds. The first-order valence-corrected chi connectivity index (χ1v) is 13.4. The minimum absolute atomic E-state index is 0.0176. The van der Waals surface area contributed by atoms with Crippen molar-refractivity contribution in [1.29, 1.82) is 0 Å². The summed E-state index contributed by atoms with van der Waals surface area (Å²) in [5.41, 5.74) is -0.314. The van der Waals surface area contributed by atoms with Gasteiger partial charge in [-0.1, -0.05) is 52.8 Å². The van der Waals surface area contributed by atoms with Crippen molar-refractivity contribution in [2.24, 2.45) is 11.3 Å². The van der Waals surface area contributed by atoms with Crippen LogP contribution >= 0.6 is 0 Å². The van der Waals surface area contributed by atoms with Gasteiger partial charge in [0.05, 0.1) is 5.56 Å². The number of amides is 1. The molecule has 0 N–H and O–H groups in total. The van der Waals surface area contributed by atoms with Gasteiger partial charge in [-0.05, 0) is 67.0 Å². The first kappa shape index (κ1) is 29.7. The lowest BCUT2D eigenvalue weighted by atomic mass is 9.84. The Kier molecular flexibility index (Phi) is 9.62. The van der Waals surface area contributed by atoms with Gasteiger partial charge in [-0.25, -0.2) is 0 Å². The number of hydrogen-bond donors (Lipinski definition) is 0. The molecule has 0 aliphatic carbocycles. The van der Waals surface area contributed by atoms with E-state index in [4.69, 9.17) is 4.18 Å². The molecular formula is C27H36F3NO4S. The average Bonchev–Trinajstić information content (AvgIpc) is 2.75. The number of alkyl halides is 3. The summed E-state index contributed by atoms with van der Waals surface area (Å²) in [5.74, 6) is 0.183. The highest BCUT2D eigenvalue weighted by atomic mass is 32.2. The standard InChI is InChI=1S/C27H36F3NO4S/c1-7-20(3)31(25(32)14-19(2)17-26(4,5)6)18-21-10-8-12-23(15-21)35-36(33,34)24-13-9-11-22(16-24)27(28,29)30/h8-13,15-16,19-20H,7,14,17-18H2,1-6H3. The van der Waals surface area contributed by atoms with Crippen molar-refractivity contribution >= 4 is 16.0 Å². The molecule has 0 radical (unpaired) electrons.